The van der Waals surface area contributed by atoms with E-state index in [2.05, 4.69) is 26.0 Å². The second-order valence-electron chi connectivity index (χ2n) is 11.0. The van der Waals surface area contributed by atoms with Crippen LogP contribution >= 0.6 is 0 Å². The third-order valence-corrected chi connectivity index (χ3v) is 8.42. The second-order valence-corrected chi connectivity index (χ2v) is 11.0. The van der Waals surface area contributed by atoms with Gasteiger partial charge in [-0.3, -0.25) is 4.79 Å². The molecule has 41 heavy (non-hydrogen) atoms. The smallest absolute Gasteiger partial charge is 0.319 e. The lowest BCUT2D eigenvalue weighted by molar-refractivity contribution is -0.146. The molecule has 10 nitrogen and oxygen atoms in total. The molecular formula is C29H33F2N7O3. The number of halogens is 2. The molecule has 2 aromatic heterocycles. The molecule has 6 rings (SSSR count). The zero-order chi connectivity index (χ0) is 28.6. The average molecular weight is 566 g/mol. The number of hydrogen-bond acceptors (Lipinski definition) is 6. The van der Waals surface area contributed by atoms with E-state index in [0.717, 1.165) is 17.7 Å². The van der Waals surface area contributed by atoms with Gasteiger partial charge < -0.3 is 25.6 Å². The van der Waals surface area contributed by atoms with Gasteiger partial charge in [-0.15, -0.1) is 0 Å². The van der Waals surface area contributed by atoms with Crippen LogP contribution in [0.4, 0.5) is 25.0 Å². The molecule has 5 atom stereocenters. The number of ether oxygens (including phenoxy) is 1. The first-order valence-corrected chi connectivity index (χ1v) is 13.9. The highest BCUT2D eigenvalue weighted by molar-refractivity contribution is 5.90. The number of benzene rings is 1. The maximum atomic E-state index is 14.7. The van der Waals surface area contributed by atoms with Gasteiger partial charge >= 0.3 is 6.03 Å². The Morgan fingerprint density at radius 2 is 2.02 bits per heavy atom. The molecule has 0 spiro atoms. The minimum absolute atomic E-state index is 0.000307. The van der Waals surface area contributed by atoms with Crippen molar-refractivity contribution < 1.29 is 23.1 Å². The van der Waals surface area contributed by atoms with E-state index in [9.17, 15) is 18.4 Å². The monoisotopic (exact) mass is 565 g/mol. The van der Waals surface area contributed by atoms with E-state index in [0.29, 0.717) is 24.7 Å². The van der Waals surface area contributed by atoms with Crippen molar-refractivity contribution in [2.45, 2.75) is 49.7 Å². The van der Waals surface area contributed by atoms with Crippen LogP contribution in [0.2, 0.25) is 0 Å². The van der Waals surface area contributed by atoms with Gasteiger partial charge in [0, 0.05) is 56.5 Å². The largest absolute Gasteiger partial charge is 0.383 e. The van der Waals surface area contributed by atoms with Gasteiger partial charge in [0.2, 0.25) is 11.8 Å². The molecule has 0 unspecified atom stereocenters. The Bertz CT molecular complexity index is 1390. The Hall–Kier alpha value is -4.06. The van der Waals surface area contributed by atoms with E-state index >= 15 is 0 Å². The number of urea groups is 1. The molecule has 0 bridgehead atoms. The van der Waals surface area contributed by atoms with Gasteiger partial charge in [-0.2, -0.15) is 5.10 Å². The lowest BCUT2D eigenvalue weighted by Crippen LogP contribution is -2.54. The molecule has 3 N–H and O–H groups in total. The van der Waals surface area contributed by atoms with E-state index in [1.54, 1.807) is 47.3 Å². The zero-order valence-electron chi connectivity index (χ0n) is 22.7. The maximum Gasteiger partial charge on any atom is 0.319 e. The number of alkyl halides is 2. The van der Waals surface area contributed by atoms with E-state index in [1.165, 1.54) is 6.20 Å². The highest BCUT2D eigenvalue weighted by Crippen LogP contribution is 2.48. The molecule has 2 aliphatic heterocycles. The predicted octanol–water partition coefficient (Wildman–Crippen LogP) is 4.22. The summed E-state index contributed by atoms with van der Waals surface area (Å²) in [6.07, 6.45) is 4.61. The van der Waals surface area contributed by atoms with Crippen LogP contribution in [-0.2, 0) is 9.53 Å². The number of aromatic nitrogens is 3. The molecule has 1 saturated heterocycles. The van der Waals surface area contributed by atoms with E-state index in [1.807, 2.05) is 24.3 Å². The van der Waals surface area contributed by atoms with Gasteiger partial charge in [-0.05, 0) is 42.7 Å². The van der Waals surface area contributed by atoms with Crippen LogP contribution in [0.25, 0.3) is 5.82 Å². The Balaban J connectivity index is 1.19. The van der Waals surface area contributed by atoms with E-state index in [4.69, 9.17) is 4.74 Å². The number of amides is 3. The lowest BCUT2D eigenvalue weighted by atomic mass is 9.80. The Kier molecular flexibility index (Phi) is 7.33. The molecule has 216 valence electrons. The molecule has 3 amide bonds. The molecule has 2 fully saturated rings. The number of methoxy groups -OCH3 is 1. The summed E-state index contributed by atoms with van der Waals surface area (Å²) in [4.78, 5) is 33.1. The Labute approximate surface area is 236 Å². The summed E-state index contributed by atoms with van der Waals surface area (Å²) >= 11 is 0. The number of nitrogens with zero attached hydrogens (tertiary/aromatic N) is 4. The van der Waals surface area contributed by atoms with Crippen molar-refractivity contribution in [2.24, 2.45) is 11.8 Å². The number of anilines is 2. The van der Waals surface area contributed by atoms with Crippen LogP contribution in [0.5, 0.6) is 0 Å². The number of carbonyl (C=O) groups is 2. The number of rotatable bonds is 6. The summed E-state index contributed by atoms with van der Waals surface area (Å²) in [5, 5.41) is 13.2. The lowest BCUT2D eigenvalue weighted by Gasteiger charge is -2.42. The number of pyridine rings is 1. The topological polar surface area (TPSA) is 113 Å². The van der Waals surface area contributed by atoms with Crippen LogP contribution in [0.3, 0.4) is 0 Å². The van der Waals surface area contributed by atoms with Crippen LogP contribution in [0, 0.1) is 11.8 Å². The molecular weight excluding hydrogens is 532 g/mol. The molecule has 1 aliphatic carbocycles. The highest BCUT2D eigenvalue weighted by Gasteiger charge is 2.51. The van der Waals surface area contributed by atoms with E-state index in [-0.39, 0.29) is 30.3 Å². The zero-order valence-corrected chi connectivity index (χ0v) is 22.7. The average Bonchev–Trinajstić information content (AvgIpc) is 3.66. The van der Waals surface area contributed by atoms with Crippen LogP contribution < -0.4 is 16.0 Å². The minimum atomic E-state index is -2.98. The van der Waals surface area contributed by atoms with Crippen LogP contribution in [-0.4, -0.2) is 69.9 Å². The van der Waals surface area contributed by atoms with Crippen molar-refractivity contribution in [3.05, 3.63) is 66.6 Å². The SMILES string of the molecule is COC[C@@H]1Nc2ccccc2[C@H]2[C@@H]1CCN2C(=O)[C@H]1CC(F)(F)CC[C@H]1NC(=O)Nc1ccc(-n2cccn2)nc1. The molecule has 3 aliphatic rings. The Morgan fingerprint density at radius 1 is 1.17 bits per heavy atom. The van der Waals surface area contributed by atoms with Crippen molar-refractivity contribution in [1.82, 2.24) is 25.0 Å². The summed E-state index contributed by atoms with van der Waals surface area (Å²) < 4.78 is 36.5. The third kappa shape index (κ3) is 5.48. The number of fused-ring (bicyclic) bond motifs is 3. The molecule has 4 heterocycles. The first-order chi connectivity index (χ1) is 19.8. The molecule has 1 aromatic carbocycles. The first-order valence-electron chi connectivity index (χ1n) is 13.9. The summed E-state index contributed by atoms with van der Waals surface area (Å²) in [5.74, 6) is -3.71. The summed E-state index contributed by atoms with van der Waals surface area (Å²) in [7, 11) is 1.64. The van der Waals surface area contributed by atoms with E-state index < -0.39 is 36.8 Å². The highest BCUT2D eigenvalue weighted by atomic mass is 19.3. The predicted molar refractivity (Wildman–Crippen MR) is 148 cm³/mol. The molecule has 1 saturated carbocycles. The van der Waals surface area contributed by atoms with Crippen LogP contribution in [0.1, 0.15) is 37.3 Å². The Morgan fingerprint density at radius 3 is 2.78 bits per heavy atom. The first kappa shape index (κ1) is 27.1. The van der Waals surface area contributed by atoms with Crippen molar-refractivity contribution in [1.29, 1.82) is 0 Å². The molecule has 0 radical (unpaired) electrons. The number of nitrogens with one attached hydrogen (secondary N) is 3. The van der Waals surface area contributed by atoms with Crippen LogP contribution in [0.15, 0.2) is 61.1 Å². The summed E-state index contributed by atoms with van der Waals surface area (Å²) in [6, 6.07) is 11.4. The van der Waals surface area contributed by atoms with Crippen molar-refractivity contribution in [3.63, 3.8) is 0 Å². The standard InChI is InChI=1S/C29H33F2N7O3/c1-41-17-24-20-10-14-37(26(20)19-5-2-3-6-22(19)35-24)27(39)21-15-29(30,31)11-9-23(21)36-28(40)34-18-7-8-25(32-16-18)38-13-4-12-33-38/h2-8,12-13,16,20-21,23-24,26,35H,9-11,14-15,17H2,1H3,(H2,34,36,40)/t20-,21+,23-,24+,26+/m1/s1. The number of hydrogen-bond donors (Lipinski definition) is 3. The summed E-state index contributed by atoms with van der Waals surface area (Å²) in [6.45, 7) is 0.931. The number of likely N-dealkylation sites (tertiary alicyclic amines) is 1. The fourth-order valence-electron chi connectivity index (χ4n) is 6.54. The fraction of sp³-hybridized carbons (Fsp3) is 0.448. The maximum absolute atomic E-state index is 14.7. The van der Waals surface area contributed by atoms with Gasteiger partial charge in [0.25, 0.3) is 0 Å². The van der Waals surface area contributed by atoms with Gasteiger partial charge in [0.15, 0.2) is 5.82 Å². The third-order valence-electron chi connectivity index (χ3n) is 8.42. The summed E-state index contributed by atoms with van der Waals surface area (Å²) in [5.41, 5.74) is 2.33. The van der Waals surface area contributed by atoms with Crippen molar-refractivity contribution in [3.8, 4) is 5.82 Å². The number of para-hydroxylation sites is 1. The van der Waals surface area contributed by atoms with Gasteiger partial charge in [0.1, 0.15) is 0 Å². The number of carbonyl (C=O) groups excluding carboxylic acids is 2. The quantitative estimate of drug-likeness (QED) is 0.413. The molecule has 12 heteroatoms. The van der Waals surface area contributed by atoms with Crippen molar-refractivity contribution in [2.75, 3.05) is 30.9 Å². The van der Waals surface area contributed by atoms with Crippen molar-refractivity contribution >= 4 is 23.3 Å². The van der Waals surface area contributed by atoms with Gasteiger partial charge in [-0.1, -0.05) is 18.2 Å². The normalized spacial score (nSPS) is 26.4. The molecule has 3 aromatic rings. The minimum Gasteiger partial charge on any atom is -0.383 e. The van der Waals surface area contributed by atoms with Gasteiger partial charge in [0.05, 0.1) is 36.5 Å². The fourth-order valence-corrected chi connectivity index (χ4v) is 6.54. The van der Waals surface area contributed by atoms with Gasteiger partial charge in [-0.25, -0.2) is 23.2 Å². The second kappa shape index (κ2) is 11.1.